The van der Waals surface area contributed by atoms with Crippen molar-refractivity contribution in [3.05, 3.63) is 42.6 Å². The number of halogens is 3. The number of hydrogen-bond donors (Lipinski definition) is 3. The number of alkyl carbamates (subject to hydrolysis) is 1. The van der Waals surface area contributed by atoms with Gasteiger partial charge in [0.2, 0.25) is 33.6 Å². The zero-order valence-electron chi connectivity index (χ0n) is 35.0. The number of ether oxygens (including phenoxy) is 3. The van der Waals surface area contributed by atoms with E-state index in [0.29, 0.717) is 56.6 Å². The minimum Gasteiger partial charge on any atom is -0.491 e. The highest BCUT2D eigenvalue weighted by Crippen LogP contribution is 2.43. The van der Waals surface area contributed by atoms with Gasteiger partial charge in [-0.15, -0.1) is 0 Å². The minimum absolute atomic E-state index is 0.00574. The Morgan fingerprint density at radius 1 is 1.08 bits per heavy atom. The number of amides is 4. The van der Waals surface area contributed by atoms with E-state index in [1.165, 1.54) is 4.90 Å². The molecule has 2 aromatic rings. The lowest BCUT2D eigenvalue weighted by atomic mass is 9.87. The molecule has 5 rings (SSSR count). The number of allylic oxidation sites excluding steroid dienone is 2. The summed E-state index contributed by atoms with van der Waals surface area (Å²) in [6.07, 6.45) is 0.688. The summed E-state index contributed by atoms with van der Waals surface area (Å²) in [5, 5.41) is 3.80. The van der Waals surface area contributed by atoms with Gasteiger partial charge in [0.1, 0.15) is 23.9 Å². The Bertz CT molecular complexity index is 2030. The van der Waals surface area contributed by atoms with Crippen molar-refractivity contribution >= 4 is 44.6 Å². The molecule has 8 atom stereocenters. The molecule has 60 heavy (non-hydrogen) atoms. The van der Waals surface area contributed by atoms with Crippen LogP contribution < -0.4 is 25.2 Å². The van der Waals surface area contributed by atoms with Crippen molar-refractivity contribution in [3.8, 4) is 11.6 Å². The van der Waals surface area contributed by atoms with E-state index >= 15 is 0 Å². The fourth-order valence-electron chi connectivity index (χ4n) is 8.00. The third kappa shape index (κ3) is 11.6. The average Bonchev–Trinajstić information content (AvgIpc) is 3.54. The number of nitrogens with zero attached hydrogens (tertiary/aromatic N) is 2. The predicted molar refractivity (Wildman–Crippen MR) is 217 cm³/mol. The monoisotopic (exact) mass is 865 g/mol. The summed E-state index contributed by atoms with van der Waals surface area (Å²) >= 11 is 0. The van der Waals surface area contributed by atoms with Crippen LogP contribution in [0.15, 0.2) is 42.6 Å². The molecule has 1 saturated heterocycles. The average molecular weight is 866 g/mol. The molecule has 1 aliphatic heterocycles. The van der Waals surface area contributed by atoms with E-state index in [1.54, 1.807) is 38.2 Å². The van der Waals surface area contributed by atoms with Crippen LogP contribution in [0.3, 0.4) is 0 Å². The molecule has 0 bridgehead atoms. The molecule has 4 amide bonds. The van der Waals surface area contributed by atoms with Gasteiger partial charge in [-0.1, -0.05) is 32.4 Å². The van der Waals surface area contributed by atoms with Crippen LogP contribution in [-0.2, 0) is 29.1 Å². The number of hydrogen-bond acceptors (Lipinski definition) is 10. The standard InChI is InChI=1S/C42H58F3N5O9S/c1-24(2)57-30-14-15-33-29(21-30)16-19-47-38(33)59-31-22-34(36(46)51)50(23-31)39(53)35(48-40(54)58-27(5)42(43,44)45)26(4)20-25(3)10-7-8-11-28-12-9-13-32(28)37(52)49-60(55,56)41(6)17-18-41/h8,11,14-16,19,21,24-28,31-32,34-35H,7,9-10,12-13,17-18,20,22-23H2,1-6H3,(H2,46,51)(H,48,54)(H,49,52)/b11-8-/t25-,26-,27-,28-,31-,32?,34+,35+/m1/s1. The second kappa shape index (κ2) is 19.0. The molecule has 332 valence electrons. The van der Waals surface area contributed by atoms with Gasteiger partial charge >= 0.3 is 12.3 Å². The van der Waals surface area contributed by atoms with Gasteiger partial charge in [-0.2, -0.15) is 13.2 Å². The molecule has 3 aliphatic rings. The molecule has 3 fully saturated rings. The number of carbonyl (C=O) groups excluding carboxylic acids is 4. The summed E-state index contributed by atoms with van der Waals surface area (Å²) in [7, 11) is -3.74. The molecule has 2 saturated carbocycles. The van der Waals surface area contributed by atoms with Crippen molar-refractivity contribution in [3.63, 3.8) is 0 Å². The first-order chi connectivity index (χ1) is 28.1. The fraction of sp³-hybridized carbons (Fsp3) is 0.643. The van der Waals surface area contributed by atoms with E-state index in [-0.39, 0.29) is 36.8 Å². The number of aromatic nitrogens is 1. The molecule has 14 nitrogen and oxygen atoms in total. The number of fused-ring (bicyclic) bond motifs is 1. The number of alkyl halides is 3. The maximum atomic E-state index is 14.3. The van der Waals surface area contributed by atoms with Crippen molar-refractivity contribution in [2.24, 2.45) is 29.4 Å². The largest absolute Gasteiger partial charge is 0.491 e. The van der Waals surface area contributed by atoms with Crippen molar-refractivity contribution in [2.45, 2.75) is 141 Å². The SMILES string of the molecule is CC(C)Oc1ccc2c(O[C@@H]3C[C@@H](C(N)=O)N(C(=O)[C@@H](NC(=O)O[C@H](C)C(F)(F)F)[C@H](C)C[C@H](C)CC/C=C\[C@@H]4CCCC4C(=O)NS(=O)(=O)C4(C)CC4)C3)nccc2c1. The summed E-state index contributed by atoms with van der Waals surface area (Å²) in [6.45, 7) is 9.62. The molecular formula is C42H58F3N5O9S. The molecular weight excluding hydrogens is 808 g/mol. The summed E-state index contributed by atoms with van der Waals surface area (Å²) in [4.78, 5) is 58.5. The van der Waals surface area contributed by atoms with Gasteiger partial charge in [-0.25, -0.2) is 18.2 Å². The Kier molecular flexibility index (Phi) is 14.7. The Hall–Kier alpha value is -4.61. The third-order valence-corrected chi connectivity index (χ3v) is 14.0. The molecule has 0 spiro atoms. The Labute approximate surface area is 349 Å². The summed E-state index contributed by atoms with van der Waals surface area (Å²) in [6, 6.07) is 4.66. The van der Waals surface area contributed by atoms with Crippen LogP contribution in [-0.4, -0.2) is 90.0 Å². The molecule has 4 N–H and O–H groups in total. The fourth-order valence-corrected chi connectivity index (χ4v) is 9.30. The number of primary amides is 1. The number of nitrogens with one attached hydrogen (secondary N) is 2. The second-order valence-electron chi connectivity index (χ2n) is 17.2. The van der Waals surface area contributed by atoms with E-state index in [9.17, 15) is 40.8 Å². The first-order valence-corrected chi connectivity index (χ1v) is 22.2. The zero-order valence-corrected chi connectivity index (χ0v) is 35.8. The van der Waals surface area contributed by atoms with Crippen molar-refractivity contribution in [1.82, 2.24) is 19.9 Å². The molecule has 2 heterocycles. The van der Waals surface area contributed by atoms with Crippen molar-refractivity contribution in [1.29, 1.82) is 0 Å². The molecule has 1 aromatic heterocycles. The Morgan fingerprint density at radius 3 is 2.45 bits per heavy atom. The highest BCUT2D eigenvalue weighted by molar-refractivity contribution is 7.91. The van der Waals surface area contributed by atoms with Crippen LogP contribution in [0.1, 0.15) is 99.3 Å². The van der Waals surface area contributed by atoms with Gasteiger partial charge in [0.25, 0.3) is 0 Å². The summed E-state index contributed by atoms with van der Waals surface area (Å²) < 4.78 is 83.3. The topological polar surface area (TPSA) is 196 Å². The van der Waals surface area contributed by atoms with Crippen LogP contribution in [0.4, 0.5) is 18.0 Å². The minimum atomic E-state index is -4.84. The van der Waals surface area contributed by atoms with E-state index < -0.39 is 80.9 Å². The van der Waals surface area contributed by atoms with Gasteiger partial charge < -0.3 is 30.2 Å². The third-order valence-electron chi connectivity index (χ3n) is 11.8. The second-order valence-corrected chi connectivity index (χ2v) is 19.4. The zero-order chi connectivity index (χ0) is 44.2. The van der Waals surface area contributed by atoms with E-state index in [4.69, 9.17) is 15.2 Å². The number of rotatable bonds is 18. The number of sulfonamides is 1. The molecule has 1 unspecified atom stereocenters. The van der Waals surface area contributed by atoms with Crippen LogP contribution in [0.25, 0.3) is 10.8 Å². The molecule has 1 aromatic carbocycles. The van der Waals surface area contributed by atoms with Crippen molar-refractivity contribution in [2.75, 3.05) is 6.54 Å². The smallest absolute Gasteiger partial charge is 0.425 e. The summed E-state index contributed by atoms with van der Waals surface area (Å²) in [5.74, 6) is -2.38. The van der Waals surface area contributed by atoms with Crippen LogP contribution in [0.2, 0.25) is 0 Å². The highest BCUT2D eigenvalue weighted by atomic mass is 32.2. The molecule has 18 heteroatoms. The van der Waals surface area contributed by atoms with E-state index in [2.05, 4.69) is 19.8 Å². The number of benzene rings is 1. The van der Waals surface area contributed by atoms with Gasteiger partial charge in [0, 0.05) is 23.9 Å². The van der Waals surface area contributed by atoms with E-state index in [1.807, 2.05) is 39.0 Å². The quantitative estimate of drug-likeness (QED) is 0.143. The maximum absolute atomic E-state index is 14.3. The van der Waals surface area contributed by atoms with E-state index in [0.717, 1.165) is 18.2 Å². The number of carbonyl (C=O) groups is 4. The van der Waals surface area contributed by atoms with Crippen LogP contribution in [0.5, 0.6) is 11.6 Å². The van der Waals surface area contributed by atoms with Gasteiger partial charge in [-0.05, 0) is 120 Å². The lowest BCUT2D eigenvalue weighted by molar-refractivity contribution is -0.197. The van der Waals surface area contributed by atoms with Gasteiger partial charge in [-0.3, -0.25) is 19.1 Å². The van der Waals surface area contributed by atoms with Crippen molar-refractivity contribution < 1.29 is 55.0 Å². The Balaban J connectivity index is 1.25. The normalized spacial score (nSPS) is 23.5. The summed E-state index contributed by atoms with van der Waals surface area (Å²) in [5.41, 5.74) is 5.77. The maximum Gasteiger partial charge on any atom is 0.425 e. The van der Waals surface area contributed by atoms with Gasteiger partial charge in [0.05, 0.1) is 17.4 Å². The first kappa shape index (κ1) is 46.5. The van der Waals surface area contributed by atoms with Gasteiger partial charge in [0.15, 0.2) is 6.10 Å². The number of likely N-dealkylation sites (tertiary alicyclic amines) is 1. The highest BCUT2D eigenvalue weighted by Gasteiger charge is 2.51. The first-order valence-electron chi connectivity index (χ1n) is 20.7. The van der Waals surface area contributed by atoms with Crippen LogP contribution in [0, 0.1) is 23.7 Å². The molecule has 2 aliphatic carbocycles. The lowest BCUT2D eigenvalue weighted by Gasteiger charge is -2.32. The molecule has 0 radical (unpaired) electrons. The van der Waals surface area contributed by atoms with Crippen LogP contribution >= 0.6 is 0 Å². The lowest BCUT2D eigenvalue weighted by Crippen LogP contribution is -2.56. The predicted octanol–water partition coefficient (Wildman–Crippen LogP) is 6.31. The Morgan fingerprint density at radius 2 is 1.80 bits per heavy atom. The number of nitrogens with two attached hydrogens (primary N) is 1. The number of pyridine rings is 1.